The van der Waals surface area contributed by atoms with Crippen LogP contribution in [0.25, 0.3) is 0 Å². The Bertz CT molecular complexity index is 1790. The Labute approximate surface area is 643 Å². The standard InChI is InChI=1S/C93H180NO8P/c1-3-5-7-9-11-13-15-17-19-21-23-25-27-29-31-33-35-37-39-41-43-45-47-49-51-53-55-57-59-61-63-65-67-69-71-73-75-77-79-81-83-85-92(95)99-89-91(90-101-103(97,98)100-88-87-94)102-93(96)86-84-82-80-78-76-74-72-70-68-66-64-62-60-58-56-54-52-50-48-46-44-42-40-38-36-34-32-30-28-26-24-22-20-18-16-14-12-10-8-6-4-2/h16,18,21-24,91H,3-15,17,19-20,25-90,94H2,1-2H3,(H,97,98)/b18-16-,23-21-,24-22-. The first-order valence-electron chi connectivity index (χ1n) is 46.5. The summed E-state index contributed by atoms with van der Waals surface area (Å²) in [5, 5.41) is 0. The van der Waals surface area contributed by atoms with Crippen molar-refractivity contribution in [3.8, 4) is 0 Å². The molecule has 10 heteroatoms. The van der Waals surface area contributed by atoms with E-state index in [9.17, 15) is 19.0 Å². The molecule has 0 saturated carbocycles. The van der Waals surface area contributed by atoms with Crippen molar-refractivity contribution in [3.05, 3.63) is 36.5 Å². The Balaban J connectivity index is 3.67. The molecule has 0 aliphatic carbocycles. The monoisotopic (exact) mass is 1470 g/mol. The van der Waals surface area contributed by atoms with E-state index < -0.39 is 26.5 Å². The van der Waals surface area contributed by atoms with E-state index in [1.54, 1.807) is 0 Å². The number of rotatable bonds is 90. The number of nitrogens with two attached hydrogens (primary N) is 1. The van der Waals surface area contributed by atoms with Crippen LogP contribution in [0.4, 0.5) is 0 Å². The number of carbonyl (C=O) groups is 2. The predicted octanol–water partition coefficient (Wildman–Crippen LogP) is 31.7. The number of phosphoric acid groups is 1. The lowest BCUT2D eigenvalue weighted by molar-refractivity contribution is -0.161. The van der Waals surface area contributed by atoms with E-state index >= 15 is 0 Å². The molecule has 0 amide bonds. The van der Waals surface area contributed by atoms with Crippen molar-refractivity contribution in [2.45, 2.75) is 521 Å². The number of hydrogen-bond donors (Lipinski definition) is 2. The molecule has 0 heterocycles. The molecule has 0 aliphatic rings. The molecule has 0 fully saturated rings. The van der Waals surface area contributed by atoms with Gasteiger partial charge in [-0.15, -0.1) is 0 Å². The van der Waals surface area contributed by atoms with Crippen molar-refractivity contribution in [1.82, 2.24) is 0 Å². The molecule has 0 aromatic rings. The molecule has 2 atom stereocenters. The highest BCUT2D eigenvalue weighted by atomic mass is 31.2. The summed E-state index contributed by atoms with van der Waals surface area (Å²) in [6.45, 7) is 3.83. The number of unbranched alkanes of at least 4 members (excludes halogenated alkanes) is 71. The number of phosphoric ester groups is 1. The fourth-order valence-electron chi connectivity index (χ4n) is 14.6. The van der Waals surface area contributed by atoms with Crippen LogP contribution < -0.4 is 5.73 Å². The van der Waals surface area contributed by atoms with Crippen molar-refractivity contribution in [3.63, 3.8) is 0 Å². The first-order chi connectivity index (χ1) is 50.8. The average molecular weight is 1470 g/mol. The van der Waals surface area contributed by atoms with Gasteiger partial charge in [0.2, 0.25) is 0 Å². The van der Waals surface area contributed by atoms with E-state index in [2.05, 4.69) is 50.3 Å². The summed E-state index contributed by atoms with van der Waals surface area (Å²) in [5.41, 5.74) is 5.43. The minimum atomic E-state index is -4.40. The smallest absolute Gasteiger partial charge is 0.462 e. The molecule has 0 aromatic heterocycles. The molecule has 9 nitrogen and oxygen atoms in total. The Hall–Kier alpha value is -1.77. The van der Waals surface area contributed by atoms with Crippen LogP contribution >= 0.6 is 7.82 Å². The molecule has 0 bridgehead atoms. The van der Waals surface area contributed by atoms with E-state index in [0.717, 1.165) is 38.5 Å². The van der Waals surface area contributed by atoms with Gasteiger partial charge in [-0.1, -0.05) is 468 Å². The minimum absolute atomic E-state index is 0.0575. The lowest BCUT2D eigenvalue weighted by atomic mass is 10.0. The molecule has 3 N–H and O–H groups in total. The second-order valence-corrected chi connectivity index (χ2v) is 33.3. The fraction of sp³-hybridized carbons (Fsp3) is 0.914. The van der Waals surface area contributed by atoms with Crippen LogP contribution in [0.5, 0.6) is 0 Å². The summed E-state index contributed by atoms with van der Waals surface area (Å²) in [7, 11) is -4.40. The predicted molar refractivity (Wildman–Crippen MR) is 451 cm³/mol. The van der Waals surface area contributed by atoms with Gasteiger partial charge in [0, 0.05) is 19.4 Å². The minimum Gasteiger partial charge on any atom is -0.462 e. The summed E-state index contributed by atoms with van der Waals surface area (Å²) < 4.78 is 33.4. The number of ether oxygens (including phenoxy) is 2. The first kappa shape index (κ1) is 101. The third kappa shape index (κ3) is 89.0. The SMILES string of the molecule is CCCCCCC/C=C\C/C=C\CCCCCCCCCCCCCCCCCCCCCCCCCCCCCCCC(=O)OC(COC(=O)CCCCCCCCCCCCCCCCCCCCCCCCCCCCCCC/C=C\CCCCCCCCCC)COP(=O)(O)OCCN. The molecular formula is C93H180NO8P. The highest BCUT2D eigenvalue weighted by Crippen LogP contribution is 2.43. The largest absolute Gasteiger partial charge is 0.472 e. The van der Waals surface area contributed by atoms with E-state index in [1.165, 1.54) is 443 Å². The van der Waals surface area contributed by atoms with Crippen molar-refractivity contribution in [2.75, 3.05) is 26.4 Å². The maximum Gasteiger partial charge on any atom is 0.472 e. The second kappa shape index (κ2) is 89.1. The first-order valence-corrected chi connectivity index (χ1v) is 48.0. The third-order valence-corrected chi connectivity index (χ3v) is 22.5. The maximum atomic E-state index is 12.8. The van der Waals surface area contributed by atoms with Gasteiger partial charge in [0.25, 0.3) is 0 Å². The molecule has 2 unspecified atom stereocenters. The molecule has 103 heavy (non-hydrogen) atoms. The van der Waals surface area contributed by atoms with Crippen LogP contribution in [0.2, 0.25) is 0 Å². The molecular weight excluding hydrogens is 1290 g/mol. The molecule has 0 rings (SSSR count). The number of carbonyl (C=O) groups excluding carboxylic acids is 2. The van der Waals surface area contributed by atoms with Gasteiger partial charge in [-0.2, -0.15) is 0 Å². The van der Waals surface area contributed by atoms with Gasteiger partial charge in [-0.25, -0.2) is 4.57 Å². The zero-order chi connectivity index (χ0) is 74.3. The summed E-state index contributed by atoms with van der Waals surface area (Å²) in [4.78, 5) is 35.6. The van der Waals surface area contributed by atoms with Crippen molar-refractivity contribution in [1.29, 1.82) is 0 Å². The van der Waals surface area contributed by atoms with Crippen LogP contribution in [-0.4, -0.2) is 49.3 Å². The fourth-order valence-corrected chi connectivity index (χ4v) is 15.4. The summed E-state index contributed by atoms with van der Waals surface area (Å²) >= 11 is 0. The van der Waals surface area contributed by atoms with Crippen LogP contribution in [0.1, 0.15) is 515 Å². The van der Waals surface area contributed by atoms with Crippen molar-refractivity contribution >= 4 is 19.8 Å². The van der Waals surface area contributed by atoms with Crippen LogP contribution in [0, 0.1) is 0 Å². The van der Waals surface area contributed by atoms with Crippen molar-refractivity contribution < 1.29 is 37.6 Å². The maximum absolute atomic E-state index is 12.8. The highest BCUT2D eigenvalue weighted by Gasteiger charge is 2.26. The Kier molecular flexibility index (Phi) is 87.6. The van der Waals surface area contributed by atoms with E-state index in [4.69, 9.17) is 24.3 Å². The third-order valence-electron chi connectivity index (χ3n) is 21.5. The molecule has 610 valence electrons. The summed E-state index contributed by atoms with van der Waals surface area (Å²) in [5.74, 6) is -0.795. The van der Waals surface area contributed by atoms with E-state index in [1.807, 2.05) is 0 Å². The quantitative estimate of drug-likeness (QED) is 0.0264. The van der Waals surface area contributed by atoms with Crippen LogP contribution in [-0.2, 0) is 32.7 Å². The number of esters is 2. The average Bonchev–Trinajstić information content (AvgIpc) is 0.970. The van der Waals surface area contributed by atoms with Gasteiger partial charge >= 0.3 is 19.8 Å². The number of hydrogen-bond acceptors (Lipinski definition) is 8. The molecule has 0 radical (unpaired) electrons. The summed E-state index contributed by atoms with van der Waals surface area (Å²) in [6, 6.07) is 0. The van der Waals surface area contributed by atoms with Crippen LogP contribution in [0.3, 0.4) is 0 Å². The van der Waals surface area contributed by atoms with Gasteiger partial charge in [0.05, 0.1) is 13.2 Å². The number of allylic oxidation sites excluding steroid dienone is 6. The highest BCUT2D eigenvalue weighted by molar-refractivity contribution is 7.47. The van der Waals surface area contributed by atoms with Gasteiger partial charge in [-0.3, -0.25) is 18.6 Å². The Morgan fingerprint density at radius 3 is 0.748 bits per heavy atom. The Morgan fingerprint density at radius 1 is 0.291 bits per heavy atom. The molecule has 0 saturated heterocycles. The van der Waals surface area contributed by atoms with Gasteiger partial charge in [-0.05, 0) is 70.6 Å². The van der Waals surface area contributed by atoms with Crippen LogP contribution in [0.15, 0.2) is 36.5 Å². The van der Waals surface area contributed by atoms with E-state index in [0.29, 0.717) is 6.42 Å². The van der Waals surface area contributed by atoms with Crippen molar-refractivity contribution in [2.24, 2.45) is 5.73 Å². The Morgan fingerprint density at radius 2 is 0.505 bits per heavy atom. The zero-order valence-electron chi connectivity index (χ0n) is 69.4. The van der Waals surface area contributed by atoms with Gasteiger partial charge < -0.3 is 20.1 Å². The second-order valence-electron chi connectivity index (χ2n) is 31.9. The lowest BCUT2D eigenvalue weighted by Crippen LogP contribution is -2.29. The normalized spacial score (nSPS) is 12.9. The topological polar surface area (TPSA) is 134 Å². The molecule has 0 aliphatic heterocycles. The summed E-state index contributed by atoms with van der Waals surface area (Å²) in [6.07, 6.45) is 116. The van der Waals surface area contributed by atoms with Gasteiger partial charge in [0.15, 0.2) is 6.10 Å². The lowest BCUT2D eigenvalue weighted by Gasteiger charge is -2.19. The molecule has 0 aromatic carbocycles. The van der Waals surface area contributed by atoms with E-state index in [-0.39, 0.29) is 38.6 Å². The van der Waals surface area contributed by atoms with Gasteiger partial charge in [0.1, 0.15) is 6.61 Å². The molecule has 0 spiro atoms. The zero-order valence-corrected chi connectivity index (χ0v) is 70.2.